The quantitative estimate of drug-likeness (QED) is 0.632. The van der Waals surface area contributed by atoms with Crippen LogP contribution in [0.2, 0.25) is 0 Å². The topological polar surface area (TPSA) is 111 Å². The van der Waals surface area contributed by atoms with Gasteiger partial charge < -0.3 is 30.1 Å². The van der Waals surface area contributed by atoms with Crippen LogP contribution in [0.3, 0.4) is 0 Å². The molecule has 1 aromatic carbocycles. The molecule has 198 valence electrons. The van der Waals surface area contributed by atoms with Crippen molar-refractivity contribution in [2.24, 2.45) is 5.92 Å². The predicted octanol–water partition coefficient (Wildman–Crippen LogP) is 0.721. The van der Waals surface area contributed by atoms with E-state index >= 15 is 0 Å². The number of hydrogen-bond acceptors (Lipinski definition) is 6. The second kappa shape index (κ2) is 12.7. The SMILES string of the molecule is CC(C)C[C@H]1NC(=O)C[C@@H](C(=O)N2CCCN(C)CC2)NC(=O)c2ccccc2OCCN(C)C1=O. The van der Waals surface area contributed by atoms with Crippen LogP contribution in [0, 0.1) is 5.92 Å². The number of carbonyl (C=O) groups excluding carboxylic acids is 4. The number of fused-ring (bicyclic) bond motifs is 1. The largest absolute Gasteiger partial charge is 0.491 e. The molecule has 10 heteroatoms. The summed E-state index contributed by atoms with van der Waals surface area (Å²) in [6, 6.07) is 4.98. The first-order valence-corrected chi connectivity index (χ1v) is 12.7. The van der Waals surface area contributed by atoms with E-state index in [1.807, 2.05) is 20.9 Å². The van der Waals surface area contributed by atoms with Crippen molar-refractivity contribution < 1.29 is 23.9 Å². The summed E-state index contributed by atoms with van der Waals surface area (Å²) in [5.41, 5.74) is 0.273. The van der Waals surface area contributed by atoms with E-state index < -0.39 is 23.9 Å². The molecular weight excluding hydrogens is 462 g/mol. The van der Waals surface area contributed by atoms with Gasteiger partial charge in [0.1, 0.15) is 24.4 Å². The highest BCUT2D eigenvalue weighted by Gasteiger charge is 2.32. The Hall–Kier alpha value is -3.14. The lowest BCUT2D eigenvalue weighted by Gasteiger charge is -2.29. The van der Waals surface area contributed by atoms with Crippen LogP contribution in [0.4, 0.5) is 0 Å². The lowest BCUT2D eigenvalue weighted by Crippen LogP contribution is -2.54. The molecule has 4 amide bonds. The van der Waals surface area contributed by atoms with Gasteiger partial charge in [0.05, 0.1) is 18.5 Å². The van der Waals surface area contributed by atoms with Crippen molar-refractivity contribution in [1.82, 2.24) is 25.3 Å². The molecule has 36 heavy (non-hydrogen) atoms. The number of rotatable bonds is 3. The third-order valence-corrected chi connectivity index (χ3v) is 6.56. The van der Waals surface area contributed by atoms with Gasteiger partial charge in [0.2, 0.25) is 17.7 Å². The van der Waals surface area contributed by atoms with Crippen molar-refractivity contribution in [1.29, 1.82) is 0 Å². The minimum Gasteiger partial charge on any atom is -0.491 e. The average Bonchev–Trinajstić information content (AvgIpc) is 3.06. The molecule has 2 aliphatic heterocycles. The predicted molar refractivity (Wildman–Crippen MR) is 136 cm³/mol. The van der Waals surface area contributed by atoms with Crippen molar-refractivity contribution in [2.45, 2.75) is 45.2 Å². The smallest absolute Gasteiger partial charge is 0.255 e. The zero-order chi connectivity index (χ0) is 26.2. The van der Waals surface area contributed by atoms with Crippen molar-refractivity contribution in [2.75, 3.05) is 53.4 Å². The Balaban J connectivity index is 1.91. The van der Waals surface area contributed by atoms with Gasteiger partial charge in [-0.25, -0.2) is 0 Å². The molecule has 2 aliphatic rings. The van der Waals surface area contributed by atoms with Gasteiger partial charge in [-0.15, -0.1) is 0 Å². The minimum absolute atomic E-state index is 0.167. The molecule has 1 saturated heterocycles. The van der Waals surface area contributed by atoms with Crippen LogP contribution in [-0.4, -0.2) is 104 Å². The van der Waals surface area contributed by atoms with Gasteiger partial charge in [-0.1, -0.05) is 26.0 Å². The molecular formula is C26H39N5O5. The standard InChI is InChI=1S/C26H39N5O5/c1-18(2)16-20-25(34)30(4)14-15-36-22-9-6-5-8-19(22)24(33)28-21(17-23(32)27-20)26(35)31-11-7-10-29(3)12-13-31/h5-6,8-9,18,20-21H,7,10-17H2,1-4H3,(H,27,32)(H,28,33)/t20-,21+/m1/s1. The van der Waals surface area contributed by atoms with Gasteiger partial charge >= 0.3 is 0 Å². The highest BCUT2D eigenvalue weighted by Crippen LogP contribution is 2.19. The van der Waals surface area contributed by atoms with Crippen LogP contribution in [-0.2, 0) is 14.4 Å². The lowest BCUT2D eigenvalue weighted by atomic mass is 10.0. The van der Waals surface area contributed by atoms with Crippen LogP contribution in [0.1, 0.15) is 43.5 Å². The Morgan fingerprint density at radius 3 is 2.53 bits per heavy atom. The fraction of sp³-hybridized carbons (Fsp3) is 0.615. The van der Waals surface area contributed by atoms with Gasteiger partial charge in [0.25, 0.3) is 5.91 Å². The van der Waals surface area contributed by atoms with E-state index in [-0.39, 0.29) is 36.3 Å². The molecule has 2 N–H and O–H groups in total. The lowest BCUT2D eigenvalue weighted by molar-refractivity contribution is -0.138. The Bertz CT molecular complexity index is 952. The number of hydrogen-bond donors (Lipinski definition) is 2. The first kappa shape index (κ1) is 27.4. The van der Waals surface area contributed by atoms with E-state index in [0.29, 0.717) is 38.3 Å². The summed E-state index contributed by atoms with van der Waals surface area (Å²) in [6.07, 6.45) is 1.01. The molecule has 10 nitrogen and oxygen atoms in total. The van der Waals surface area contributed by atoms with E-state index in [4.69, 9.17) is 4.74 Å². The molecule has 0 spiro atoms. The number of nitrogens with zero attached hydrogens (tertiary/aromatic N) is 3. The Morgan fingerprint density at radius 1 is 1.03 bits per heavy atom. The van der Waals surface area contributed by atoms with Crippen molar-refractivity contribution in [3.8, 4) is 5.75 Å². The van der Waals surface area contributed by atoms with Gasteiger partial charge in [-0.2, -0.15) is 0 Å². The molecule has 0 aliphatic carbocycles. The highest BCUT2D eigenvalue weighted by atomic mass is 16.5. The fourth-order valence-electron chi connectivity index (χ4n) is 4.50. The maximum atomic E-state index is 13.5. The molecule has 3 rings (SSSR count). The number of nitrogens with one attached hydrogen (secondary N) is 2. The third kappa shape index (κ3) is 7.43. The third-order valence-electron chi connectivity index (χ3n) is 6.56. The molecule has 0 bridgehead atoms. The van der Waals surface area contributed by atoms with Crippen molar-refractivity contribution in [3.05, 3.63) is 29.8 Å². The van der Waals surface area contributed by atoms with Crippen molar-refractivity contribution in [3.63, 3.8) is 0 Å². The maximum absolute atomic E-state index is 13.5. The van der Waals surface area contributed by atoms with Gasteiger partial charge in [0.15, 0.2) is 0 Å². The fourth-order valence-corrected chi connectivity index (χ4v) is 4.50. The summed E-state index contributed by atoms with van der Waals surface area (Å²) in [4.78, 5) is 58.4. The number of para-hydroxylation sites is 1. The molecule has 1 aromatic rings. The summed E-state index contributed by atoms with van der Waals surface area (Å²) in [7, 11) is 3.67. The molecule has 0 saturated carbocycles. The highest BCUT2D eigenvalue weighted by molar-refractivity contribution is 6.01. The number of carbonyl (C=O) groups is 4. The zero-order valence-corrected chi connectivity index (χ0v) is 21.8. The van der Waals surface area contributed by atoms with Crippen LogP contribution < -0.4 is 15.4 Å². The number of benzene rings is 1. The Morgan fingerprint density at radius 2 is 1.78 bits per heavy atom. The van der Waals surface area contributed by atoms with E-state index in [0.717, 1.165) is 13.0 Å². The number of likely N-dealkylation sites (N-methyl/N-ethyl adjacent to an activating group) is 2. The molecule has 0 radical (unpaired) electrons. The first-order valence-electron chi connectivity index (χ1n) is 12.7. The van der Waals surface area contributed by atoms with Crippen LogP contribution in [0.5, 0.6) is 5.75 Å². The second-order valence-corrected chi connectivity index (χ2v) is 10.1. The minimum atomic E-state index is -1.07. The van der Waals surface area contributed by atoms with Gasteiger partial charge in [0, 0.05) is 26.7 Å². The normalized spacial score (nSPS) is 23.2. The summed E-state index contributed by atoms with van der Waals surface area (Å²) >= 11 is 0. The molecule has 2 atom stereocenters. The number of amides is 4. The molecule has 0 aromatic heterocycles. The van der Waals surface area contributed by atoms with Crippen LogP contribution >= 0.6 is 0 Å². The van der Waals surface area contributed by atoms with Crippen LogP contribution in [0.25, 0.3) is 0 Å². The second-order valence-electron chi connectivity index (χ2n) is 10.1. The summed E-state index contributed by atoms with van der Waals surface area (Å²) in [6.45, 7) is 7.09. The average molecular weight is 502 g/mol. The molecule has 0 unspecified atom stereocenters. The molecule has 1 fully saturated rings. The van der Waals surface area contributed by atoms with E-state index in [9.17, 15) is 19.2 Å². The van der Waals surface area contributed by atoms with E-state index in [2.05, 4.69) is 15.5 Å². The van der Waals surface area contributed by atoms with E-state index in [1.165, 1.54) is 4.90 Å². The molecule has 2 heterocycles. The maximum Gasteiger partial charge on any atom is 0.255 e. The van der Waals surface area contributed by atoms with Crippen molar-refractivity contribution >= 4 is 23.6 Å². The Labute approximate surface area is 213 Å². The van der Waals surface area contributed by atoms with Gasteiger partial charge in [-0.05, 0) is 44.5 Å². The van der Waals surface area contributed by atoms with E-state index in [1.54, 1.807) is 36.2 Å². The first-order chi connectivity index (χ1) is 17.2. The summed E-state index contributed by atoms with van der Waals surface area (Å²) in [5.74, 6) is -0.922. The van der Waals surface area contributed by atoms with Crippen LogP contribution in [0.15, 0.2) is 24.3 Å². The zero-order valence-electron chi connectivity index (χ0n) is 21.8. The monoisotopic (exact) mass is 501 g/mol. The number of ether oxygens (including phenoxy) is 1. The van der Waals surface area contributed by atoms with Gasteiger partial charge in [-0.3, -0.25) is 19.2 Å². The summed E-state index contributed by atoms with van der Waals surface area (Å²) in [5, 5.41) is 5.60. The summed E-state index contributed by atoms with van der Waals surface area (Å²) < 4.78 is 5.86. The Kier molecular flexibility index (Phi) is 9.69.